The second-order valence-corrected chi connectivity index (χ2v) is 1.38. The molecule has 48 valence electrons. The molecule has 3 heteroatoms. The molecule has 0 radical (unpaired) electrons. The van der Waals surface area contributed by atoms with Gasteiger partial charge in [-0.05, 0) is 6.92 Å². The molecule has 0 aromatic rings. The van der Waals surface area contributed by atoms with E-state index in [-0.39, 0.29) is 6.10 Å². The largest absolute Gasteiger partial charge is 0.399 e. The van der Waals surface area contributed by atoms with Gasteiger partial charge in [0.25, 0.3) is 0 Å². The van der Waals surface area contributed by atoms with Crippen LogP contribution in [0.5, 0.6) is 0 Å². The van der Waals surface area contributed by atoms with Gasteiger partial charge in [-0.1, -0.05) is 5.16 Å². The normalized spacial score (nSPS) is 14.4. The minimum Gasteiger partial charge on any atom is -0.399 e. The Labute approximate surface area is 49.3 Å². The third-order valence-corrected chi connectivity index (χ3v) is 0.748. The van der Waals surface area contributed by atoms with E-state index in [1.807, 2.05) is 6.92 Å². The number of methoxy groups -OCH3 is 1. The summed E-state index contributed by atoms with van der Waals surface area (Å²) in [5.74, 6) is 0. The topological polar surface area (TPSA) is 30.8 Å². The molecular weight excluding hydrogens is 106 g/mol. The highest BCUT2D eigenvalue weighted by molar-refractivity contribution is 5.61. The molecule has 8 heavy (non-hydrogen) atoms. The van der Waals surface area contributed by atoms with E-state index in [1.165, 1.54) is 7.11 Å². The zero-order valence-electron chi connectivity index (χ0n) is 5.42. The summed E-state index contributed by atoms with van der Waals surface area (Å²) < 4.78 is 4.82. The predicted octanol–water partition coefficient (Wildman–Crippen LogP) is 0.654. The fraction of sp³-hybridized carbons (Fsp3) is 0.800. The third kappa shape index (κ3) is 3.61. The molecule has 1 atom stereocenters. The van der Waals surface area contributed by atoms with Crippen LogP contribution in [0.1, 0.15) is 6.92 Å². The van der Waals surface area contributed by atoms with Crippen LogP contribution in [-0.4, -0.2) is 26.5 Å². The molecule has 0 heterocycles. The Bertz CT molecular complexity index is 72.8. The maximum atomic E-state index is 4.82. The summed E-state index contributed by atoms with van der Waals surface area (Å²) in [4.78, 5) is 4.40. The van der Waals surface area contributed by atoms with Gasteiger partial charge in [0.15, 0.2) is 0 Å². The van der Waals surface area contributed by atoms with Crippen molar-refractivity contribution in [2.75, 3.05) is 14.2 Å². The van der Waals surface area contributed by atoms with Crippen molar-refractivity contribution in [3.05, 3.63) is 0 Å². The van der Waals surface area contributed by atoms with E-state index in [1.54, 1.807) is 13.3 Å². The smallest absolute Gasteiger partial charge is 0.106 e. The first kappa shape index (κ1) is 7.43. The van der Waals surface area contributed by atoms with Gasteiger partial charge in [0.1, 0.15) is 7.11 Å². The van der Waals surface area contributed by atoms with Crippen LogP contribution in [0.4, 0.5) is 0 Å². The Balaban J connectivity index is 3.21. The molecule has 0 spiro atoms. The summed E-state index contributed by atoms with van der Waals surface area (Å²) in [7, 11) is 3.12. The molecule has 0 rings (SSSR count). The highest BCUT2D eigenvalue weighted by Gasteiger charge is 1.89. The highest BCUT2D eigenvalue weighted by Crippen LogP contribution is 1.80. The van der Waals surface area contributed by atoms with Crippen LogP contribution in [-0.2, 0) is 9.57 Å². The van der Waals surface area contributed by atoms with Gasteiger partial charge in [-0.2, -0.15) is 0 Å². The van der Waals surface area contributed by atoms with Crippen molar-refractivity contribution in [3.63, 3.8) is 0 Å². The maximum Gasteiger partial charge on any atom is 0.106 e. The first-order chi connectivity index (χ1) is 3.81. The Morgan fingerprint density at radius 1 is 1.50 bits per heavy atom. The highest BCUT2D eigenvalue weighted by atomic mass is 16.6. The Kier molecular flexibility index (Phi) is 4.26. The molecule has 0 saturated carbocycles. The zero-order valence-corrected chi connectivity index (χ0v) is 5.42. The average molecular weight is 117 g/mol. The summed E-state index contributed by atoms with van der Waals surface area (Å²) in [6, 6.07) is 0. The van der Waals surface area contributed by atoms with E-state index in [9.17, 15) is 0 Å². The molecule has 0 aliphatic carbocycles. The van der Waals surface area contributed by atoms with Crippen molar-refractivity contribution in [2.45, 2.75) is 13.0 Å². The van der Waals surface area contributed by atoms with Crippen LogP contribution in [0.25, 0.3) is 0 Å². The van der Waals surface area contributed by atoms with Gasteiger partial charge in [-0.25, -0.2) is 0 Å². The lowest BCUT2D eigenvalue weighted by atomic mass is 10.5. The van der Waals surface area contributed by atoms with Crippen LogP contribution in [0.2, 0.25) is 0 Å². The van der Waals surface area contributed by atoms with Gasteiger partial charge in [-0.15, -0.1) is 0 Å². The summed E-state index contributed by atoms with van der Waals surface area (Å²) >= 11 is 0. The molecule has 0 amide bonds. The molecule has 1 unspecified atom stereocenters. The van der Waals surface area contributed by atoms with E-state index in [2.05, 4.69) is 9.99 Å². The number of hydrogen-bond donors (Lipinski definition) is 0. The van der Waals surface area contributed by atoms with Crippen molar-refractivity contribution in [3.8, 4) is 0 Å². The SMILES string of the molecule is CO/N=C/C(C)OC. The van der Waals surface area contributed by atoms with Crippen molar-refractivity contribution in [2.24, 2.45) is 5.16 Å². The van der Waals surface area contributed by atoms with E-state index in [0.29, 0.717) is 0 Å². The number of nitrogens with zero attached hydrogens (tertiary/aromatic N) is 1. The monoisotopic (exact) mass is 117 g/mol. The van der Waals surface area contributed by atoms with Crippen molar-refractivity contribution in [1.82, 2.24) is 0 Å². The van der Waals surface area contributed by atoms with Crippen molar-refractivity contribution in [1.29, 1.82) is 0 Å². The van der Waals surface area contributed by atoms with Crippen LogP contribution in [0.15, 0.2) is 5.16 Å². The fourth-order valence-electron chi connectivity index (χ4n) is 0.207. The van der Waals surface area contributed by atoms with Gasteiger partial charge < -0.3 is 9.57 Å². The molecule has 0 bridgehead atoms. The average Bonchev–Trinajstić information content (AvgIpc) is 1.83. The molecule has 0 N–H and O–H groups in total. The van der Waals surface area contributed by atoms with Gasteiger partial charge in [0.05, 0.1) is 12.3 Å². The minimum atomic E-state index is 0.0370. The number of ether oxygens (including phenoxy) is 1. The van der Waals surface area contributed by atoms with Crippen LogP contribution >= 0.6 is 0 Å². The summed E-state index contributed by atoms with van der Waals surface area (Å²) in [6.45, 7) is 1.88. The third-order valence-electron chi connectivity index (χ3n) is 0.748. The minimum absolute atomic E-state index is 0.0370. The van der Waals surface area contributed by atoms with E-state index in [0.717, 1.165) is 0 Å². The van der Waals surface area contributed by atoms with E-state index < -0.39 is 0 Å². The first-order valence-electron chi connectivity index (χ1n) is 2.40. The lowest BCUT2D eigenvalue weighted by Crippen LogP contribution is -2.05. The summed E-state index contributed by atoms with van der Waals surface area (Å²) in [6.07, 6.45) is 1.62. The lowest BCUT2D eigenvalue weighted by molar-refractivity contribution is 0.163. The van der Waals surface area contributed by atoms with Gasteiger partial charge in [0.2, 0.25) is 0 Å². The van der Waals surface area contributed by atoms with Gasteiger partial charge >= 0.3 is 0 Å². The Morgan fingerprint density at radius 3 is 2.50 bits per heavy atom. The second-order valence-electron chi connectivity index (χ2n) is 1.38. The lowest BCUT2D eigenvalue weighted by Gasteiger charge is -1.98. The van der Waals surface area contributed by atoms with Crippen molar-refractivity contribution < 1.29 is 9.57 Å². The molecular formula is C5H11NO2. The van der Waals surface area contributed by atoms with Crippen LogP contribution in [0, 0.1) is 0 Å². The number of hydrogen-bond acceptors (Lipinski definition) is 3. The Hall–Kier alpha value is -0.570. The second kappa shape index (κ2) is 4.59. The first-order valence-corrected chi connectivity index (χ1v) is 2.40. The molecule has 0 aliphatic rings. The summed E-state index contributed by atoms with van der Waals surface area (Å²) in [5.41, 5.74) is 0. The molecule has 0 aliphatic heterocycles. The molecule has 3 nitrogen and oxygen atoms in total. The molecule has 0 aromatic carbocycles. The van der Waals surface area contributed by atoms with Gasteiger partial charge in [-0.3, -0.25) is 0 Å². The standard InChI is InChI=1S/C5H11NO2/c1-5(7-2)4-6-8-3/h4-5H,1-3H3/b6-4+. The predicted molar refractivity (Wildman–Crippen MR) is 32.0 cm³/mol. The maximum absolute atomic E-state index is 4.82. The zero-order chi connectivity index (χ0) is 6.41. The fourth-order valence-corrected chi connectivity index (χ4v) is 0.207. The molecule has 0 saturated heterocycles. The number of oxime groups is 1. The Morgan fingerprint density at radius 2 is 2.12 bits per heavy atom. The van der Waals surface area contributed by atoms with E-state index in [4.69, 9.17) is 4.74 Å². The van der Waals surface area contributed by atoms with Crippen LogP contribution in [0.3, 0.4) is 0 Å². The van der Waals surface area contributed by atoms with Crippen molar-refractivity contribution >= 4 is 6.21 Å². The van der Waals surface area contributed by atoms with E-state index >= 15 is 0 Å². The number of rotatable bonds is 3. The summed E-state index contributed by atoms with van der Waals surface area (Å²) in [5, 5.41) is 3.49. The quantitative estimate of drug-likeness (QED) is 0.401. The molecule has 0 aromatic heterocycles. The van der Waals surface area contributed by atoms with Crippen LogP contribution < -0.4 is 0 Å². The molecule has 0 fully saturated rings. The van der Waals surface area contributed by atoms with Gasteiger partial charge in [0, 0.05) is 7.11 Å².